The van der Waals surface area contributed by atoms with Crippen LogP contribution in [0.4, 0.5) is 0 Å². The number of rotatable bonds is 4. The Balaban J connectivity index is 2.17. The zero-order valence-electron chi connectivity index (χ0n) is 12.3. The molecular weight excluding hydrogens is 260 g/mol. The molecular formula is C17H18N4. The van der Waals surface area contributed by atoms with Crippen molar-refractivity contribution in [1.29, 1.82) is 0 Å². The molecule has 0 fully saturated rings. The van der Waals surface area contributed by atoms with Gasteiger partial charge in [0.15, 0.2) is 0 Å². The number of imidazole rings is 2. The van der Waals surface area contributed by atoms with Gasteiger partial charge >= 0.3 is 0 Å². The second-order valence-electron chi connectivity index (χ2n) is 5.28. The first kappa shape index (κ1) is 13.4. The molecule has 0 saturated carbocycles. The molecule has 0 aliphatic rings. The number of aryl methyl sites for hydroxylation is 1. The summed E-state index contributed by atoms with van der Waals surface area (Å²) in [5, 5.41) is 0. The predicted octanol–water partition coefficient (Wildman–Crippen LogP) is 3.82. The van der Waals surface area contributed by atoms with E-state index in [0.717, 1.165) is 40.6 Å². The van der Waals surface area contributed by atoms with E-state index in [0.29, 0.717) is 0 Å². The molecule has 0 bridgehead atoms. The smallest absolute Gasteiger partial charge is 0.103 e. The number of aromatic nitrogens is 4. The van der Waals surface area contributed by atoms with E-state index in [2.05, 4.69) is 38.2 Å². The van der Waals surface area contributed by atoms with Crippen LogP contribution in [0.25, 0.3) is 22.6 Å². The molecule has 3 rings (SSSR count). The summed E-state index contributed by atoms with van der Waals surface area (Å²) in [6.07, 6.45) is 3.72. The van der Waals surface area contributed by atoms with Crippen LogP contribution in [-0.4, -0.2) is 19.5 Å². The van der Waals surface area contributed by atoms with E-state index in [9.17, 15) is 0 Å². The molecule has 1 aromatic carbocycles. The van der Waals surface area contributed by atoms with Crippen LogP contribution >= 0.6 is 0 Å². The van der Waals surface area contributed by atoms with E-state index in [1.165, 1.54) is 0 Å². The lowest BCUT2D eigenvalue weighted by molar-refractivity contribution is 0.790. The third kappa shape index (κ3) is 2.65. The number of benzene rings is 1. The van der Waals surface area contributed by atoms with Gasteiger partial charge in [-0.3, -0.25) is 0 Å². The van der Waals surface area contributed by atoms with E-state index in [1.54, 1.807) is 0 Å². The van der Waals surface area contributed by atoms with Crippen LogP contribution in [-0.2, 0) is 6.54 Å². The molecule has 0 radical (unpaired) electrons. The number of aromatic amines is 1. The predicted molar refractivity (Wildman–Crippen MR) is 84.8 cm³/mol. The topological polar surface area (TPSA) is 46.5 Å². The molecule has 4 nitrogen and oxygen atoms in total. The molecule has 21 heavy (non-hydrogen) atoms. The van der Waals surface area contributed by atoms with Crippen molar-refractivity contribution < 1.29 is 0 Å². The van der Waals surface area contributed by atoms with E-state index in [-0.39, 0.29) is 0 Å². The lowest BCUT2D eigenvalue weighted by atomic mass is 10.1. The average molecular weight is 278 g/mol. The maximum atomic E-state index is 4.60. The Bertz CT molecular complexity index is 765. The third-order valence-electron chi connectivity index (χ3n) is 3.28. The lowest BCUT2D eigenvalue weighted by Gasteiger charge is -2.08. The summed E-state index contributed by atoms with van der Waals surface area (Å²) in [5.41, 5.74) is 5.17. The lowest BCUT2D eigenvalue weighted by Crippen LogP contribution is -2.00. The monoisotopic (exact) mass is 278 g/mol. The highest BCUT2D eigenvalue weighted by Crippen LogP contribution is 2.30. The summed E-state index contributed by atoms with van der Waals surface area (Å²) < 4.78 is 2.11. The first-order valence-electron chi connectivity index (χ1n) is 6.92. The minimum absolute atomic E-state index is 0.743. The largest absolute Gasteiger partial charge is 0.341 e. The first-order valence-corrected chi connectivity index (χ1v) is 6.92. The molecule has 106 valence electrons. The van der Waals surface area contributed by atoms with Gasteiger partial charge in [-0.1, -0.05) is 42.5 Å². The standard InChI is InChI=1S/C17H18N4/c1-12(2)10-21-11-19-16(14-7-5-4-6-8-14)17(21)15-9-18-13(3)20-15/h4-9,11H,1,10H2,2-3H3,(H,18,20). The Morgan fingerprint density at radius 3 is 2.62 bits per heavy atom. The van der Waals surface area contributed by atoms with Crippen LogP contribution in [0.1, 0.15) is 12.7 Å². The van der Waals surface area contributed by atoms with Gasteiger partial charge in [-0.05, 0) is 13.8 Å². The molecule has 2 aromatic heterocycles. The average Bonchev–Trinajstić information content (AvgIpc) is 3.05. The van der Waals surface area contributed by atoms with Crippen molar-refractivity contribution in [2.24, 2.45) is 0 Å². The molecule has 2 heterocycles. The molecule has 3 aromatic rings. The van der Waals surface area contributed by atoms with Crippen LogP contribution in [0.5, 0.6) is 0 Å². The molecule has 0 aliphatic heterocycles. The van der Waals surface area contributed by atoms with Gasteiger partial charge in [-0.2, -0.15) is 0 Å². The van der Waals surface area contributed by atoms with Crippen LogP contribution in [0.15, 0.2) is 55.0 Å². The quantitative estimate of drug-likeness (QED) is 0.737. The number of H-pyrrole nitrogens is 1. The third-order valence-corrected chi connectivity index (χ3v) is 3.28. The Morgan fingerprint density at radius 1 is 1.24 bits per heavy atom. The highest BCUT2D eigenvalue weighted by molar-refractivity contribution is 5.76. The number of allylic oxidation sites excluding steroid dienone is 1. The SMILES string of the molecule is C=C(C)Cn1cnc(-c2ccccc2)c1-c1cnc(C)[nH]1. The minimum atomic E-state index is 0.743. The summed E-state index contributed by atoms with van der Waals surface area (Å²) in [5.74, 6) is 0.895. The molecule has 0 atom stereocenters. The van der Waals surface area contributed by atoms with E-state index in [1.807, 2.05) is 44.6 Å². The van der Waals surface area contributed by atoms with Crippen LogP contribution in [0, 0.1) is 6.92 Å². The Morgan fingerprint density at radius 2 is 2.00 bits per heavy atom. The van der Waals surface area contributed by atoms with Gasteiger partial charge in [0.2, 0.25) is 0 Å². The van der Waals surface area contributed by atoms with Crippen LogP contribution in [0.3, 0.4) is 0 Å². The Kier molecular flexibility index (Phi) is 3.44. The molecule has 0 amide bonds. The van der Waals surface area contributed by atoms with Crippen molar-refractivity contribution in [2.45, 2.75) is 20.4 Å². The van der Waals surface area contributed by atoms with E-state index < -0.39 is 0 Å². The van der Waals surface area contributed by atoms with Gasteiger partial charge < -0.3 is 9.55 Å². The van der Waals surface area contributed by atoms with Crippen LogP contribution < -0.4 is 0 Å². The van der Waals surface area contributed by atoms with Gasteiger partial charge in [0, 0.05) is 12.1 Å². The zero-order chi connectivity index (χ0) is 14.8. The maximum Gasteiger partial charge on any atom is 0.103 e. The van der Waals surface area contributed by atoms with Gasteiger partial charge in [-0.15, -0.1) is 0 Å². The zero-order valence-corrected chi connectivity index (χ0v) is 12.3. The number of hydrogen-bond donors (Lipinski definition) is 1. The van der Waals surface area contributed by atoms with Crippen molar-refractivity contribution in [3.8, 4) is 22.6 Å². The Labute approximate surface area is 124 Å². The highest BCUT2D eigenvalue weighted by Gasteiger charge is 2.16. The fraction of sp³-hybridized carbons (Fsp3) is 0.176. The number of nitrogens with zero attached hydrogens (tertiary/aromatic N) is 3. The molecule has 4 heteroatoms. The van der Waals surface area contributed by atoms with Gasteiger partial charge in [0.1, 0.15) is 5.82 Å². The number of nitrogens with one attached hydrogen (secondary N) is 1. The Hall–Kier alpha value is -2.62. The summed E-state index contributed by atoms with van der Waals surface area (Å²) in [6, 6.07) is 10.2. The fourth-order valence-corrected chi connectivity index (χ4v) is 2.42. The van der Waals surface area contributed by atoms with Crippen molar-refractivity contribution in [3.05, 3.63) is 60.8 Å². The summed E-state index contributed by atoms with van der Waals surface area (Å²) in [7, 11) is 0. The van der Waals surface area contributed by atoms with Crippen molar-refractivity contribution in [3.63, 3.8) is 0 Å². The van der Waals surface area contributed by atoms with Crippen molar-refractivity contribution >= 4 is 0 Å². The maximum absolute atomic E-state index is 4.60. The second kappa shape index (κ2) is 5.40. The molecule has 0 unspecified atom stereocenters. The summed E-state index contributed by atoms with van der Waals surface area (Å²) in [4.78, 5) is 12.2. The first-order chi connectivity index (χ1) is 10.1. The molecule has 0 saturated heterocycles. The van der Waals surface area contributed by atoms with Crippen LogP contribution in [0.2, 0.25) is 0 Å². The van der Waals surface area contributed by atoms with Gasteiger partial charge in [0.05, 0.1) is 29.6 Å². The fourth-order valence-electron chi connectivity index (χ4n) is 2.42. The molecule has 0 spiro atoms. The van der Waals surface area contributed by atoms with E-state index >= 15 is 0 Å². The summed E-state index contributed by atoms with van der Waals surface area (Å²) in [6.45, 7) is 8.71. The second-order valence-corrected chi connectivity index (χ2v) is 5.28. The van der Waals surface area contributed by atoms with E-state index in [4.69, 9.17) is 0 Å². The normalized spacial score (nSPS) is 10.8. The van der Waals surface area contributed by atoms with Crippen molar-refractivity contribution in [1.82, 2.24) is 19.5 Å². The molecule has 1 N–H and O–H groups in total. The summed E-state index contributed by atoms with van der Waals surface area (Å²) >= 11 is 0. The van der Waals surface area contributed by atoms with Gasteiger partial charge in [0.25, 0.3) is 0 Å². The molecule has 0 aliphatic carbocycles. The van der Waals surface area contributed by atoms with Gasteiger partial charge in [-0.25, -0.2) is 9.97 Å². The number of hydrogen-bond acceptors (Lipinski definition) is 2. The van der Waals surface area contributed by atoms with Crippen molar-refractivity contribution in [2.75, 3.05) is 0 Å². The minimum Gasteiger partial charge on any atom is -0.341 e. The highest BCUT2D eigenvalue weighted by atomic mass is 15.1.